The van der Waals surface area contributed by atoms with Gasteiger partial charge in [-0.05, 0) is 51.5 Å². The quantitative estimate of drug-likeness (QED) is 0.679. The Balaban J connectivity index is 1.63. The van der Waals surface area contributed by atoms with Crippen LogP contribution in [0, 0.1) is 4.77 Å². The van der Waals surface area contributed by atoms with Crippen LogP contribution in [0.2, 0.25) is 0 Å². The number of pyridine rings is 1. The van der Waals surface area contributed by atoms with Crippen molar-refractivity contribution in [1.29, 1.82) is 0 Å². The number of carbonyl (C=O) groups is 1. The van der Waals surface area contributed by atoms with Gasteiger partial charge >= 0.3 is 0 Å². The van der Waals surface area contributed by atoms with E-state index >= 15 is 0 Å². The lowest BCUT2D eigenvalue weighted by Crippen LogP contribution is -2.51. The second-order valence-electron chi connectivity index (χ2n) is 8.83. The Labute approximate surface area is 183 Å². The van der Waals surface area contributed by atoms with Crippen molar-refractivity contribution in [3.8, 4) is 11.4 Å². The van der Waals surface area contributed by atoms with Crippen LogP contribution in [-0.4, -0.2) is 73.3 Å². The molecule has 30 heavy (non-hydrogen) atoms. The molecule has 8 nitrogen and oxygen atoms in total. The van der Waals surface area contributed by atoms with Crippen LogP contribution < -0.4 is 5.32 Å². The molecule has 0 unspecified atom stereocenters. The molecule has 0 saturated carbocycles. The van der Waals surface area contributed by atoms with Crippen molar-refractivity contribution < 1.29 is 4.79 Å². The van der Waals surface area contributed by atoms with Gasteiger partial charge in [-0.25, -0.2) is 4.68 Å². The molecule has 0 bridgehead atoms. The standard InChI is InChI=1S/C21H33N7OS/c1-5-10-27-19(17-6-8-22-9-7-17)24-28(20(27)30)16-26-13-11-25(12-14-26)15-18(29)23-21(2,3)4/h6-9H,5,10-16H2,1-4H3,(H,23,29). The summed E-state index contributed by atoms with van der Waals surface area (Å²) < 4.78 is 4.77. The van der Waals surface area contributed by atoms with Crippen molar-refractivity contribution in [2.45, 2.75) is 52.9 Å². The number of aromatic nitrogens is 4. The predicted octanol–water partition coefficient (Wildman–Crippen LogP) is 2.38. The van der Waals surface area contributed by atoms with Crippen LogP contribution in [-0.2, 0) is 18.0 Å². The molecule has 1 amide bonds. The van der Waals surface area contributed by atoms with Gasteiger partial charge in [0.15, 0.2) is 10.6 Å². The van der Waals surface area contributed by atoms with Gasteiger partial charge < -0.3 is 5.32 Å². The van der Waals surface area contributed by atoms with Gasteiger partial charge in [-0.1, -0.05) is 6.92 Å². The summed E-state index contributed by atoms with van der Waals surface area (Å²) in [5.74, 6) is 0.972. The molecule has 1 aliphatic rings. The van der Waals surface area contributed by atoms with Crippen molar-refractivity contribution in [2.75, 3.05) is 32.7 Å². The Kier molecular flexibility index (Phi) is 7.38. The van der Waals surface area contributed by atoms with E-state index in [9.17, 15) is 4.79 Å². The van der Waals surface area contributed by atoms with E-state index in [2.05, 4.69) is 31.6 Å². The van der Waals surface area contributed by atoms with Crippen LogP contribution in [0.5, 0.6) is 0 Å². The number of piperazine rings is 1. The SMILES string of the molecule is CCCn1c(-c2ccncc2)nn(CN2CCN(CC(=O)NC(C)(C)C)CC2)c1=S. The number of hydrogen-bond acceptors (Lipinski definition) is 6. The molecule has 3 rings (SSSR count). The largest absolute Gasteiger partial charge is 0.350 e. The van der Waals surface area contributed by atoms with Crippen LogP contribution in [0.1, 0.15) is 34.1 Å². The molecule has 0 atom stereocenters. The van der Waals surface area contributed by atoms with Crippen LogP contribution in [0.25, 0.3) is 11.4 Å². The zero-order valence-electron chi connectivity index (χ0n) is 18.5. The molecular formula is C21H33N7OS. The fourth-order valence-electron chi connectivity index (χ4n) is 3.61. The summed E-state index contributed by atoms with van der Waals surface area (Å²) in [4.78, 5) is 20.8. The highest BCUT2D eigenvalue weighted by Gasteiger charge is 2.22. The van der Waals surface area contributed by atoms with E-state index < -0.39 is 0 Å². The number of carbonyl (C=O) groups excluding carboxylic acids is 1. The summed E-state index contributed by atoms with van der Waals surface area (Å²) in [7, 11) is 0. The maximum atomic E-state index is 12.2. The van der Waals surface area contributed by atoms with Gasteiger partial charge in [0.05, 0.1) is 13.2 Å². The van der Waals surface area contributed by atoms with Crippen molar-refractivity contribution in [3.05, 3.63) is 29.3 Å². The van der Waals surface area contributed by atoms with Crippen molar-refractivity contribution in [1.82, 2.24) is 34.4 Å². The lowest BCUT2D eigenvalue weighted by molar-refractivity contribution is -0.124. The number of amides is 1. The molecule has 9 heteroatoms. The summed E-state index contributed by atoms with van der Waals surface area (Å²) in [6, 6.07) is 3.93. The van der Waals surface area contributed by atoms with Gasteiger partial charge in [0, 0.05) is 56.2 Å². The normalized spacial score (nSPS) is 16.0. The minimum absolute atomic E-state index is 0.0819. The molecule has 0 spiro atoms. The second-order valence-corrected chi connectivity index (χ2v) is 9.19. The van der Waals surface area contributed by atoms with E-state index in [0.29, 0.717) is 13.2 Å². The molecule has 1 N–H and O–H groups in total. The van der Waals surface area contributed by atoms with E-state index in [-0.39, 0.29) is 11.4 Å². The Morgan fingerprint density at radius 3 is 2.37 bits per heavy atom. The zero-order chi connectivity index (χ0) is 21.7. The third-order valence-electron chi connectivity index (χ3n) is 4.99. The van der Waals surface area contributed by atoms with Crippen LogP contribution in [0.4, 0.5) is 0 Å². The van der Waals surface area contributed by atoms with E-state index in [1.165, 1.54) is 0 Å². The number of nitrogens with zero attached hydrogens (tertiary/aromatic N) is 6. The van der Waals surface area contributed by atoms with E-state index in [1.54, 1.807) is 12.4 Å². The first-order valence-corrected chi connectivity index (χ1v) is 11.0. The first kappa shape index (κ1) is 22.6. The lowest BCUT2D eigenvalue weighted by atomic mass is 10.1. The molecule has 164 valence electrons. The van der Waals surface area contributed by atoms with Gasteiger partial charge in [0.25, 0.3) is 0 Å². The van der Waals surface area contributed by atoms with E-state index in [4.69, 9.17) is 17.3 Å². The average Bonchev–Trinajstić information content (AvgIpc) is 2.99. The minimum Gasteiger partial charge on any atom is -0.350 e. The van der Waals surface area contributed by atoms with Crippen molar-refractivity contribution in [3.63, 3.8) is 0 Å². The summed E-state index contributed by atoms with van der Waals surface area (Å²) in [6.07, 6.45) is 4.55. The van der Waals surface area contributed by atoms with E-state index in [1.807, 2.05) is 37.6 Å². The first-order valence-electron chi connectivity index (χ1n) is 10.6. The highest BCUT2D eigenvalue weighted by Crippen LogP contribution is 2.18. The molecule has 2 aromatic rings. The molecule has 3 heterocycles. The maximum Gasteiger partial charge on any atom is 0.234 e. The second kappa shape index (κ2) is 9.80. The minimum atomic E-state index is -0.195. The monoisotopic (exact) mass is 431 g/mol. The molecule has 1 fully saturated rings. The number of hydrogen-bond donors (Lipinski definition) is 1. The lowest BCUT2D eigenvalue weighted by Gasteiger charge is -2.34. The Morgan fingerprint density at radius 2 is 1.77 bits per heavy atom. The molecule has 2 aromatic heterocycles. The Hall–Kier alpha value is -2.10. The van der Waals surface area contributed by atoms with Gasteiger partial charge in [-0.3, -0.25) is 24.1 Å². The summed E-state index contributed by atoms with van der Waals surface area (Å²) in [5, 5.41) is 7.86. The molecule has 0 aliphatic carbocycles. The van der Waals surface area contributed by atoms with Gasteiger partial charge in [0.2, 0.25) is 5.91 Å². The fraction of sp³-hybridized carbons (Fsp3) is 0.619. The van der Waals surface area contributed by atoms with E-state index in [0.717, 1.165) is 55.3 Å². The topological polar surface area (TPSA) is 71.2 Å². The molecule has 0 radical (unpaired) electrons. The highest BCUT2D eigenvalue weighted by atomic mass is 32.1. The predicted molar refractivity (Wildman–Crippen MR) is 120 cm³/mol. The Morgan fingerprint density at radius 1 is 1.13 bits per heavy atom. The van der Waals surface area contributed by atoms with Gasteiger partial charge in [-0.15, -0.1) is 0 Å². The van der Waals surface area contributed by atoms with Crippen LogP contribution in [0.3, 0.4) is 0 Å². The van der Waals surface area contributed by atoms with Gasteiger partial charge in [0.1, 0.15) is 0 Å². The molecule has 0 aromatic carbocycles. The number of nitrogens with one attached hydrogen (secondary N) is 1. The molecular weight excluding hydrogens is 398 g/mol. The maximum absolute atomic E-state index is 12.2. The fourth-order valence-corrected chi connectivity index (χ4v) is 3.89. The molecule has 1 saturated heterocycles. The third-order valence-corrected chi connectivity index (χ3v) is 5.42. The average molecular weight is 432 g/mol. The van der Waals surface area contributed by atoms with Gasteiger partial charge in [-0.2, -0.15) is 5.10 Å². The Bertz CT molecular complexity index is 892. The van der Waals surface area contributed by atoms with Crippen molar-refractivity contribution >= 4 is 18.1 Å². The van der Waals surface area contributed by atoms with Crippen LogP contribution in [0.15, 0.2) is 24.5 Å². The smallest absolute Gasteiger partial charge is 0.234 e. The number of rotatable bonds is 7. The van der Waals surface area contributed by atoms with Crippen LogP contribution >= 0.6 is 12.2 Å². The zero-order valence-corrected chi connectivity index (χ0v) is 19.3. The van der Waals surface area contributed by atoms with Crippen molar-refractivity contribution in [2.24, 2.45) is 0 Å². The third kappa shape index (κ3) is 5.96. The first-order chi connectivity index (χ1) is 14.3. The summed E-state index contributed by atoms with van der Waals surface area (Å²) >= 11 is 5.74. The highest BCUT2D eigenvalue weighted by molar-refractivity contribution is 7.71. The molecule has 1 aliphatic heterocycles. The summed E-state index contributed by atoms with van der Waals surface area (Å²) in [5.41, 5.74) is 0.831. The summed E-state index contributed by atoms with van der Waals surface area (Å²) in [6.45, 7) is 13.6.